The average molecular weight is 840 g/mol. The Morgan fingerprint density at radius 3 is 2.51 bits per heavy atom. The van der Waals surface area contributed by atoms with Gasteiger partial charge in [-0.3, -0.25) is 14.4 Å². The molecule has 7 rings (SSSR count). The van der Waals surface area contributed by atoms with E-state index in [2.05, 4.69) is 21.3 Å². The standard InChI is InChI=1S/C44H50FN7O9/c1-7-44(6)28-17-33-36-26(19-52(33)38(54)27(28)21-59-39(44)55)35-30(15-14-25-22(2)29(45)18-32(49-36)34(25)35)50-41(57)60-20-23-10-12-24(13-11-23)48-37(53)31(9-8-16-47-40(46)56)51-42(58)61-43(3,4)5/h10-13,17-18,30-31H,7-9,14-16,19-21H2,1-6H3,(H,48,53)(H,50,57)(H,51,58)(H3,46,47,56)/t30?,31-,44+/m0/s1. The van der Waals surface area contributed by atoms with Gasteiger partial charge in [-0.15, -0.1) is 0 Å². The predicted octanol–water partition coefficient (Wildman–Crippen LogP) is 5.79. The number of primary amides is 1. The molecule has 1 aliphatic carbocycles. The molecule has 6 N–H and O–H groups in total. The zero-order valence-electron chi connectivity index (χ0n) is 35.0. The first kappa shape index (κ1) is 42.6. The van der Waals surface area contributed by atoms with Crippen molar-refractivity contribution in [2.75, 3.05) is 11.9 Å². The number of nitrogens with zero attached hydrogens (tertiary/aromatic N) is 2. The number of pyridine rings is 2. The monoisotopic (exact) mass is 839 g/mol. The van der Waals surface area contributed by atoms with Gasteiger partial charge in [0.05, 0.1) is 40.5 Å². The van der Waals surface area contributed by atoms with E-state index in [1.165, 1.54) is 6.07 Å². The molecule has 2 aliphatic heterocycles. The van der Waals surface area contributed by atoms with Crippen LogP contribution in [0.1, 0.15) is 105 Å². The molecule has 2 aromatic carbocycles. The fraction of sp³-hybridized carbons (Fsp3) is 0.432. The van der Waals surface area contributed by atoms with Crippen LogP contribution in [0.25, 0.3) is 22.3 Å². The predicted molar refractivity (Wildman–Crippen MR) is 222 cm³/mol. The summed E-state index contributed by atoms with van der Waals surface area (Å²) in [7, 11) is 0. The zero-order valence-corrected chi connectivity index (χ0v) is 35.0. The normalized spacial score (nSPS) is 17.9. The highest BCUT2D eigenvalue weighted by atomic mass is 19.1. The first-order valence-electron chi connectivity index (χ1n) is 20.3. The average Bonchev–Trinajstić information content (AvgIpc) is 3.57. The van der Waals surface area contributed by atoms with E-state index < -0.39 is 59.0 Å². The molecule has 17 heteroatoms. The van der Waals surface area contributed by atoms with Gasteiger partial charge in [-0.25, -0.2) is 23.8 Å². The number of carbonyl (C=O) groups is 5. The van der Waals surface area contributed by atoms with Crippen molar-refractivity contribution in [2.45, 2.75) is 117 Å². The highest BCUT2D eigenvalue weighted by molar-refractivity contribution is 5.97. The SMILES string of the molecule is CC[C@@]1(C)C(=O)OCc2c1cc1n(c2=O)Cc2c-1nc1cc(F)c(C)c3c1c2C(NC(=O)OCc1ccc(NC(=O)[C@H](CCCNC(N)=O)NC(=O)OC(C)(C)C)cc1)CC3. The lowest BCUT2D eigenvalue weighted by atomic mass is 9.76. The van der Waals surface area contributed by atoms with E-state index in [1.54, 1.807) is 63.5 Å². The Hall–Kier alpha value is -6.52. The van der Waals surface area contributed by atoms with Crippen LogP contribution in [0.4, 0.5) is 24.5 Å². The number of amides is 5. The van der Waals surface area contributed by atoms with E-state index in [-0.39, 0.29) is 38.3 Å². The van der Waals surface area contributed by atoms with Gasteiger partial charge in [-0.1, -0.05) is 19.1 Å². The molecule has 0 fully saturated rings. The summed E-state index contributed by atoms with van der Waals surface area (Å²) in [4.78, 5) is 82.2. The number of nitrogens with two attached hydrogens (primary N) is 1. The van der Waals surface area contributed by atoms with Gasteiger partial charge in [0.1, 0.15) is 30.7 Å². The quantitative estimate of drug-likeness (QED) is 0.0612. The molecule has 3 atom stereocenters. The number of aromatic nitrogens is 2. The van der Waals surface area contributed by atoms with Gasteiger partial charge >= 0.3 is 24.2 Å². The number of anilines is 1. The number of hydrogen-bond donors (Lipinski definition) is 5. The third-order valence-corrected chi connectivity index (χ3v) is 11.7. The summed E-state index contributed by atoms with van der Waals surface area (Å²) in [5.41, 5.74) is 9.31. The van der Waals surface area contributed by atoms with Gasteiger partial charge in [0, 0.05) is 29.2 Å². The number of esters is 1. The second-order valence-corrected chi connectivity index (χ2v) is 16.9. The second kappa shape index (κ2) is 16.5. The van der Waals surface area contributed by atoms with E-state index in [0.29, 0.717) is 70.5 Å². The first-order chi connectivity index (χ1) is 28.9. The van der Waals surface area contributed by atoms with Crippen LogP contribution in [-0.2, 0) is 55.4 Å². The highest BCUT2D eigenvalue weighted by Crippen LogP contribution is 2.46. The van der Waals surface area contributed by atoms with Gasteiger partial charge in [-0.05, 0) is 113 Å². The molecule has 4 heterocycles. The summed E-state index contributed by atoms with van der Waals surface area (Å²) >= 11 is 0. The Balaban J connectivity index is 1.07. The summed E-state index contributed by atoms with van der Waals surface area (Å²) in [6.07, 6.45) is 0.406. The van der Waals surface area contributed by atoms with Crippen molar-refractivity contribution in [1.29, 1.82) is 0 Å². The lowest BCUT2D eigenvalue weighted by Gasteiger charge is -2.33. The summed E-state index contributed by atoms with van der Waals surface area (Å²) in [6, 6.07) is 7.62. The molecule has 3 aliphatic rings. The molecule has 5 amide bonds. The summed E-state index contributed by atoms with van der Waals surface area (Å²) < 4.78 is 33.4. The number of nitrogens with one attached hydrogen (secondary N) is 4. The van der Waals surface area contributed by atoms with Crippen molar-refractivity contribution < 1.29 is 42.6 Å². The number of fused-ring (bicyclic) bond motifs is 5. The molecular weight excluding hydrogens is 790 g/mol. The number of halogens is 1. The number of rotatable bonds is 11. The van der Waals surface area contributed by atoms with E-state index in [4.69, 9.17) is 24.9 Å². The van der Waals surface area contributed by atoms with Crippen LogP contribution in [0.2, 0.25) is 0 Å². The van der Waals surface area contributed by atoms with Gasteiger partial charge in [-0.2, -0.15) is 0 Å². The number of ether oxygens (including phenoxy) is 3. The Morgan fingerprint density at radius 1 is 1.08 bits per heavy atom. The van der Waals surface area contributed by atoms with Crippen LogP contribution in [-0.4, -0.2) is 57.8 Å². The van der Waals surface area contributed by atoms with E-state index >= 15 is 4.39 Å². The molecule has 0 saturated carbocycles. The van der Waals surface area contributed by atoms with Crippen molar-refractivity contribution in [3.05, 3.63) is 91.5 Å². The maximum Gasteiger partial charge on any atom is 0.408 e. The van der Waals surface area contributed by atoms with Crippen LogP contribution in [0, 0.1) is 12.7 Å². The third-order valence-electron chi connectivity index (χ3n) is 11.7. The largest absolute Gasteiger partial charge is 0.460 e. The molecule has 4 aromatic rings. The molecule has 0 spiro atoms. The fourth-order valence-corrected chi connectivity index (χ4v) is 8.35. The molecular formula is C44H50FN7O9. The smallest absolute Gasteiger partial charge is 0.408 e. The maximum absolute atomic E-state index is 15.4. The number of aryl methyl sites for hydroxylation is 1. The van der Waals surface area contributed by atoms with Gasteiger partial charge in [0.2, 0.25) is 5.91 Å². The number of cyclic esters (lactones) is 1. The van der Waals surface area contributed by atoms with Crippen LogP contribution in [0.3, 0.4) is 0 Å². The van der Waals surface area contributed by atoms with Crippen molar-refractivity contribution in [3.63, 3.8) is 0 Å². The lowest BCUT2D eigenvalue weighted by molar-refractivity contribution is -0.153. The molecule has 2 aromatic heterocycles. The molecule has 16 nitrogen and oxygen atoms in total. The van der Waals surface area contributed by atoms with E-state index in [1.807, 2.05) is 13.0 Å². The number of carbonyl (C=O) groups excluding carboxylic acids is 5. The molecule has 322 valence electrons. The van der Waals surface area contributed by atoms with Crippen LogP contribution >= 0.6 is 0 Å². The summed E-state index contributed by atoms with van der Waals surface area (Å²) in [5.74, 6) is -1.30. The van der Waals surface area contributed by atoms with Crippen LogP contribution in [0.15, 0.2) is 41.2 Å². The van der Waals surface area contributed by atoms with Gasteiger partial charge in [0.25, 0.3) is 5.56 Å². The van der Waals surface area contributed by atoms with Gasteiger partial charge in [0.15, 0.2) is 0 Å². The first-order valence-corrected chi connectivity index (χ1v) is 20.3. The molecule has 0 saturated heterocycles. The Morgan fingerprint density at radius 2 is 1.82 bits per heavy atom. The number of hydrogen-bond acceptors (Lipinski definition) is 10. The zero-order chi connectivity index (χ0) is 44.0. The van der Waals surface area contributed by atoms with Crippen LogP contribution in [0.5, 0.6) is 0 Å². The maximum atomic E-state index is 15.4. The minimum absolute atomic E-state index is 0.101. The second-order valence-electron chi connectivity index (χ2n) is 16.9. The van der Waals surface area contributed by atoms with E-state index in [0.717, 1.165) is 22.1 Å². The van der Waals surface area contributed by atoms with Crippen molar-refractivity contribution >= 4 is 46.7 Å². The van der Waals surface area contributed by atoms with Crippen LogP contribution < -0.4 is 32.6 Å². The van der Waals surface area contributed by atoms with Crippen molar-refractivity contribution in [2.24, 2.45) is 5.73 Å². The molecule has 1 unspecified atom stereocenters. The molecule has 0 radical (unpaired) electrons. The highest BCUT2D eigenvalue weighted by Gasteiger charge is 2.44. The summed E-state index contributed by atoms with van der Waals surface area (Å²) in [5, 5.41) is 11.6. The molecule has 61 heavy (non-hydrogen) atoms. The fourth-order valence-electron chi connectivity index (χ4n) is 8.35. The van der Waals surface area contributed by atoms with Gasteiger partial charge < -0.3 is 45.8 Å². The number of benzene rings is 2. The summed E-state index contributed by atoms with van der Waals surface area (Å²) in [6.45, 7) is 10.6. The topological polar surface area (TPSA) is 222 Å². The minimum Gasteiger partial charge on any atom is -0.460 e. The van der Waals surface area contributed by atoms with Crippen molar-refractivity contribution in [1.82, 2.24) is 25.5 Å². The van der Waals surface area contributed by atoms with Crippen molar-refractivity contribution in [3.8, 4) is 11.4 Å². The third kappa shape index (κ3) is 8.45. The Kier molecular flexibility index (Phi) is 11.5. The number of urea groups is 1. The molecule has 0 bridgehead atoms. The Labute approximate surface area is 351 Å². The van der Waals surface area contributed by atoms with E-state index in [9.17, 15) is 28.8 Å². The number of alkyl carbamates (subject to hydrolysis) is 2. The lowest BCUT2D eigenvalue weighted by Crippen LogP contribution is -2.46. The minimum atomic E-state index is -1.02. The Bertz CT molecular complexity index is 2530.